The van der Waals surface area contributed by atoms with Gasteiger partial charge < -0.3 is 25.1 Å². The first-order valence-electron chi connectivity index (χ1n) is 10.3. The van der Waals surface area contributed by atoms with Gasteiger partial charge in [0.15, 0.2) is 5.82 Å². The van der Waals surface area contributed by atoms with E-state index in [1.54, 1.807) is 6.07 Å². The zero-order valence-electron chi connectivity index (χ0n) is 17.2. The van der Waals surface area contributed by atoms with Gasteiger partial charge in [0, 0.05) is 46.2 Å². The molecular formula is C23H23BN4O3. The minimum absolute atomic E-state index is 0.426. The molecule has 1 aliphatic heterocycles. The number of hydrogen-bond acceptors (Lipinski definition) is 6. The van der Waals surface area contributed by atoms with E-state index in [-0.39, 0.29) is 0 Å². The van der Waals surface area contributed by atoms with Crippen LogP contribution in [0.3, 0.4) is 0 Å². The summed E-state index contributed by atoms with van der Waals surface area (Å²) in [6.07, 6.45) is 0.764. The number of anilines is 1. The van der Waals surface area contributed by atoms with Gasteiger partial charge >= 0.3 is 7.12 Å². The smallest absolute Gasteiger partial charge is 0.423 e. The van der Waals surface area contributed by atoms with Crippen LogP contribution in [-0.2, 0) is 24.3 Å². The number of aryl methyl sites for hydroxylation is 1. The van der Waals surface area contributed by atoms with Crippen molar-refractivity contribution in [1.82, 2.24) is 15.0 Å². The van der Waals surface area contributed by atoms with E-state index in [4.69, 9.17) is 14.7 Å². The van der Waals surface area contributed by atoms with Gasteiger partial charge in [-0.1, -0.05) is 48.5 Å². The Morgan fingerprint density at radius 2 is 1.94 bits per heavy atom. The normalized spacial score (nSPS) is 13.3. The van der Waals surface area contributed by atoms with E-state index in [0.29, 0.717) is 36.6 Å². The van der Waals surface area contributed by atoms with Crippen molar-refractivity contribution in [2.24, 2.45) is 0 Å². The number of aromatic nitrogens is 3. The van der Waals surface area contributed by atoms with Crippen LogP contribution in [0.1, 0.15) is 22.5 Å². The second-order valence-corrected chi connectivity index (χ2v) is 7.73. The highest BCUT2D eigenvalue weighted by Gasteiger charge is 2.24. The SMILES string of the molecule is Cc1[nH]c2c(B(O)O)cccc2c1-c1nc2c(c(NCc3ccccc3)n1)CCOC2. The average Bonchev–Trinajstić information content (AvgIpc) is 3.13. The average molecular weight is 414 g/mol. The molecule has 4 aromatic rings. The highest BCUT2D eigenvalue weighted by molar-refractivity contribution is 6.61. The molecule has 0 unspecified atom stereocenters. The fourth-order valence-corrected chi connectivity index (χ4v) is 4.17. The third-order valence-corrected chi connectivity index (χ3v) is 5.69. The van der Waals surface area contributed by atoms with Gasteiger partial charge in [0.1, 0.15) is 5.82 Å². The third kappa shape index (κ3) is 3.70. The second kappa shape index (κ2) is 8.15. The van der Waals surface area contributed by atoms with Gasteiger partial charge in [0.2, 0.25) is 0 Å². The number of aromatic amines is 1. The van der Waals surface area contributed by atoms with Crippen molar-refractivity contribution in [2.45, 2.75) is 26.5 Å². The van der Waals surface area contributed by atoms with Crippen LogP contribution in [-0.4, -0.2) is 38.7 Å². The van der Waals surface area contributed by atoms with Crippen LogP contribution in [0.5, 0.6) is 0 Å². The summed E-state index contributed by atoms with van der Waals surface area (Å²) in [5.41, 5.74) is 5.99. The van der Waals surface area contributed by atoms with E-state index in [1.807, 2.05) is 37.3 Å². The molecule has 2 aromatic carbocycles. The molecule has 0 radical (unpaired) electrons. The number of nitrogens with one attached hydrogen (secondary N) is 2. The predicted molar refractivity (Wildman–Crippen MR) is 121 cm³/mol. The summed E-state index contributed by atoms with van der Waals surface area (Å²) in [6.45, 7) is 3.71. The quantitative estimate of drug-likeness (QED) is 0.374. The van der Waals surface area contributed by atoms with E-state index >= 15 is 0 Å². The molecule has 5 rings (SSSR count). The lowest BCUT2D eigenvalue weighted by atomic mass is 9.79. The molecule has 1 aliphatic rings. The summed E-state index contributed by atoms with van der Waals surface area (Å²) >= 11 is 0. The van der Waals surface area contributed by atoms with E-state index < -0.39 is 7.12 Å². The number of hydrogen-bond donors (Lipinski definition) is 4. The molecule has 4 N–H and O–H groups in total. The zero-order chi connectivity index (χ0) is 21.4. The Balaban J connectivity index is 1.62. The molecular weight excluding hydrogens is 391 g/mol. The number of fused-ring (bicyclic) bond motifs is 2. The maximum atomic E-state index is 9.75. The number of nitrogens with zero attached hydrogens (tertiary/aromatic N) is 2. The molecule has 2 aromatic heterocycles. The first kappa shape index (κ1) is 19.7. The van der Waals surface area contributed by atoms with E-state index in [2.05, 4.69) is 22.4 Å². The van der Waals surface area contributed by atoms with E-state index in [0.717, 1.165) is 40.1 Å². The number of ether oxygens (including phenoxy) is 1. The number of benzene rings is 2. The summed E-state index contributed by atoms with van der Waals surface area (Å²) in [5, 5.41) is 23.8. The molecule has 3 heterocycles. The fraction of sp³-hybridized carbons (Fsp3) is 0.217. The van der Waals surface area contributed by atoms with Crippen LogP contribution >= 0.6 is 0 Å². The summed E-state index contributed by atoms with van der Waals surface area (Å²) in [7, 11) is -1.56. The molecule has 0 fully saturated rings. The Morgan fingerprint density at radius 3 is 2.74 bits per heavy atom. The van der Waals surface area contributed by atoms with Crippen molar-refractivity contribution in [2.75, 3.05) is 11.9 Å². The van der Waals surface area contributed by atoms with Crippen molar-refractivity contribution in [3.8, 4) is 11.4 Å². The zero-order valence-corrected chi connectivity index (χ0v) is 17.2. The highest BCUT2D eigenvalue weighted by Crippen LogP contribution is 2.32. The second-order valence-electron chi connectivity index (χ2n) is 7.73. The van der Waals surface area contributed by atoms with Crippen LogP contribution in [0.2, 0.25) is 0 Å². The van der Waals surface area contributed by atoms with Gasteiger partial charge in [-0.15, -0.1) is 0 Å². The van der Waals surface area contributed by atoms with Crippen molar-refractivity contribution in [3.05, 3.63) is 71.0 Å². The van der Waals surface area contributed by atoms with Crippen LogP contribution < -0.4 is 10.8 Å². The van der Waals surface area contributed by atoms with Crippen molar-refractivity contribution in [3.63, 3.8) is 0 Å². The number of H-pyrrole nitrogens is 1. The fourth-order valence-electron chi connectivity index (χ4n) is 4.17. The lowest BCUT2D eigenvalue weighted by molar-refractivity contribution is 0.107. The van der Waals surface area contributed by atoms with Crippen molar-refractivity contribution < 1.29 is 14.8 Å². The largest absolute Gasteiger partial charge is 0.490 e. The van der Waals surface area contributed by atoms with Crippen LogP contribution in [0.4, 0.5) is 5.82 Å². The maximum absolute atomic E-state index is 9.75. The molecule has 0 spiro atoms. The molecule has 0 bridgehead atoms. The predicted octanol–water partition coefficient (Wildman–Crippen LogP) is 2.30. The summed E-state index contributed by atoms with van der Waals surface area (Å²) in [4.78, 5) is 13.0. The molecule has 0 amide bonds. The Bertz CT molecular complexity index is 1240. The Labute approximate surface area is 180 Å². The van der Waals surface area contributed by atoms with Crippen molar-refractivity contribution >= 4 is 29.3 Å². The van der Waals surface area contributed by atoms with Gasteiger partial charge in [-0.3, -0.25) is 0 Å². The minimum Gasteiger partial charge on any atom is -0.423 e. The molecule has 7 nitrogen and oxygen atoms in total. The van der Waals surface area contributed by atoms with Crippen LogP contribution in [0.15, 0.2) is 48.5 Å². The van der Waals surface area contributed by atoms with Gasteiger partial charge in [-0.05, 0) is 12.5 Å². The molecule has 156 valence electrons. The van der Waals surface area contributed by atoms with Gasteiger partial charge in [-0.25, -0.2) is 9.97 Å². The molecule has 0 atom stereocenters. The molecule has 0 saturated heterocycles. The van der Waals surface area contributed by atoms with E-state index in [1.165, 1.54) is 5.56 Å². The Morgan fingerprint density at radius 1 is 1.10 bits per heavy atom. The maximum Gasteiger partial charge on any atom is 0.490 e. The van der Waals surface area contributed by atoms with E-state index in [9.17, 15) is 10.0 Å². The molecule has 0 aliphatic carbocycles. The molecule has 0 saturated carbocycles. The number of para-hydroxylation sites is 1. The van der Waals surface area contributed by atoms with Crippen LogP contribution in [0.25, 0.3) is 22.3 Å². The van der Waals surface area contributed by atoms with Gasteiger partial charge in [0.05, 0.1) is 18.9 Å². The van der Waals surface area contributed by atoms with Crippen LogP contribution in [0, 0.1) is 6.92 Å². The lowest BCUT2D eigenvalue weighted by Crippen LogP contribution is -2.30. The molecule has 8 heteroatoms. The Hall–Kier alpha value is -3.20. The summed E-state index contributed by atoms with van der Waals surface area (Å²) in [5.74, 6) is 1.41. The van der Waals surface area contributed by atoms with Gasteiger partial charge in [0.25, 0.3) is 0 Å². The molecule has 31 heavy (non-hydrogen) atoms. The number of rotatable bonds is 5. The summed E-state index contributed by atoms with van der Waals surface area (Å²) in [6, 6.07) is 15.7. The highest BCUT2D eigenvalue weighted by atomic mass is 16.5. The standard InChI is InChI=1S/C23H23BN4O3/c1-14-20(17-8-5-9-18(24(29)30)21(17)26-14)23-27-19-13-31-11-10-16(19)22(28-23)25-12-15-6-3-2-4-7-15/h2-9,26,29-30H,10-13H2,1H3,(H,25,27,28). The van der Waals surface area contributed by atoms with Gasteiger partial charge in [-0.2, -0.15) is 0 Å². The monoisotopic (exact) mass is 414 g/mol. The first-order chi connectivity index (χ1) is 15.1. The minimum atomic E-state index is -1.56. The first-order valence-corrected chi connectivity index (χ1v) is 10.3. The van der Waals surface area contributed by atoms with Crippen molar-refractivity contribution in [1.29, 1.82) is 0 Å². The Kier molecular flexibility index (Phi) is 5.19. The lowest BCUT2D eigenvalue weighted by Gasteiger charge is -2.20. The summed E-state index contributed by atoms with van der Waals surface area (Å²) < 4.78 is 5.66. The third-order valence-electron chi connectivity index (χ3n) is 5.69. The topological polar surface area (TPSA) is 103 Å².